The molecule has 0 fully saturated rings. The largest absolute Gasteiger partial charge is 0.325 e. The van der Waals surface area contributed by atoms with Gasteiger partial charge in [0.1, 0.15) is 0 Å². The Labute approximate surface area is 104 Å². The predicted octanol–water partition coefficient (Wildman–Crippen LogP) is 5.52. The maximum Gasteiger partial charge on any atom is 0.0809 e. The Hall–Kier alpha value is 0.980. The van der Waals surface area contributed by atoms with Crippen LogP contribution in [0.3, 0.4) is 0 Å². The van der Waals surface area contributed by atoms with Crippen LogP contribution >= 0.6 is 70.0 Å². The van der Waals surface area contributed by atoms with Crippen LogP contribution in [0.4, 0.5) is 0 Å². The fourth-order valence-electron chi connectivity index (χ4n) is 0.665. The number of hydrogen-bond donors (Lipinski definition) is 1. The average Bonchev–Trinajstić information content (AvgIpc) is 2.13. The highest BCUT2D eigenvalue weighted by Gasteiger charge is 2.19. The highest BCUT2D eigenvalue weighted by Crippen LogP contribution is 2.46. The molecule has 72 valence electrons. The molecule has 0 aromatic heterocycles. The van der Waals surface area contributed by atoms with Gasteiger partial charge in [-0.2, -0.15) is 0 Å². The monoisotopic (exact) mass is 296 g/mol. The molecule has 1 aromatic carbocycles. The lowest BCUT2D eigenvalue weighted by molar-refractivity contribution is 0.664. The SMILES string of the molecule is OSc1c(Cl)c(Cl)c(Cl)c(Cl)c1Cl. The van der Waals surface area contributed by atoms with E-state index < -0.39 is 0 Å². The second-order valence-electron chi connectivity index (χ2n) is 1.99. The summed E-state index contributed by atoms with van der Waals surface area (Å²) in [4.78, 5) is 0.197. The molecule has 0 unspecified atom stereocenters. The molecule has 0 amide bonds. The number of halogens is 5. The molecule has 0 spiro atoms. The molecule has 0 bridgehead atoms. The van der Waals surface area contributed by atoms with Crippen molar-refractivity contribution in [1.29, 1.82) is 0 Å². The Morgan fingerprint density at radius 3 is 1.31 bits per heavy atom. The lowest BCUT2D eigenvalue weighted by atomic mass is 10.3. The first-order chi connectivity index (χ1) is 6.00. The fourth-order valence-corrected chi connectivity index (χ4v) is 2.49. The number of hydrogen-bond acceptors (Lipinski definition) is 2. The third-order valence-corrected chi connectivity index (χ3v) is 4.35. The van der Waals surface area contributed by atoms with Crippen molar-refractivity contribution in [1.82, 2.24) is 0 Å². The van der Waals surface area contributed by atoms with E-state index in [1.165, 1.54) is 0 Å². The van der Waals surface area contributed by atoms with E-state index in [4.69, 9.17) is 62.6 Å². The van der Waals surface area contributed by atoms with Crippen LogP contribution in [-0.4, -0.2) is 4.55 Å². The van der Waals surface area contributed by atoms with Crippen LogP contribution in [0.15, 0.2) is 4.90 Å². The van der Waals surface area contributed by atoms with Gasteiger partial charge < -0.3 is 4.55 Å². The molecule has 0 saturated carbocycles. The zero-order valence-electron chi connectivity index (χ0n) is 5.75. The lowest BCUT2D eigenvalue weighted by Crippen LogP contribution is -1.82. The minimum Gasteiger partial charge on any atom is -0.325 e. The Bertz CT molecular complexity index is 324. The van der Waals surface area contributed by atoms with Gasteiger partial charge in [0.25, 0.3) is 0 Å². The molecule has 13 heavy (non-hydrogen) atoms. The van der Waals surface area contributed by atoms with Crippen molar-refractivity contribution in [3.8, 4) is 0 Å². The molecule has 7 heteroatoms. The van der Waals surface area contributed by atoms with Crippen LogP contribution in [0.2, 0.25) is 25.1 Å². The van der Waals surface area contributed by atoms with Gasteiger partial charge in [0, 0.05) is 12.0 Å². The lowest BCUT2D eigenvalue weighted by Gasteiger charge is -2.08. The van der Waals surface area contributed by atoms with E-state index >= 15 is 0 Å². The first kappa shape index (κ1) is 12.1. The van der Waals surface area contributed by atoms with E-state index in [1.807, 2.05) is 0 Å². The number of benzene rings is 1. The smallest absolute Gasteiger partial charge is 0.0809 e. The molecule has 0 aliphatic heterocycles. The predicted molar refractivity (Wildman–Crippen MR) is 60.0 cm³/mol. The maximum atomic E-state index is 8.83. The Morgan fingerprint density at radius 2 is 1.00 bits per heavy atom. The molecular formula is C6HCl5OS. The molecule has 0 aliphatic carbocycles. The Morgan fingerprint density at radius 1 is 0.692 bits per heavy atom. The van der Waals surface area contributed by atoms with Crippen molar-refractivity contribution in [3.05, 3.63) is 25.1 Å². The van der Waals surface area contributed by atoms with E-state index in [0.29, 0.717) is 12.0 Å². The van der Waals surface area contributed by atoms with Crippen LogP contribution in [0.5, 0.6) is 0 Å². The van der Waals surface area contributed by atoms with E-state index in [-0.39, 0.29) is 30.0 Å². The van der Waals surface area contributed by atoms with Gasteiger partial charge >= 0.3 is 0 Å². The molecule has 0 saturated heterocycles. The van der Waals surface area contributed by atoms with Crippen molar-refractivity contribution in [2.45, 2.75) is 4.90 Å². The Kier molecular flexibility index (Phi) is 4.33. The summed E-state index contributed by atoms with van der Waals surface area (Å²) in [6.45, 7) is 0. The topological polar surface area (TPSA) is 20.2 Å². The first-order valence-electron chi connectivity index (χ1n) is 2.83. The second-order valence-corrected chi connectivity index (χ2v) is 4.47. The molecule has 1 rings (SSSR count). The van der Waals surface area contributed by atoms with Gasteiger partial charge in [0.15, 0.2) is 0 Å². The van der Waals surface area contributed by atoms with Crippen molar-refractivity contribution >= 4 is 70.0 Å². The molecule has 1 aromatic rings. The molecule has 0 radical (unpaired) electrons. The summed E-state index contributed by atoms with van der Waals surface area (Å²) < 4.78 is 8.83. The van der Waals surface area contributed by atoms with Crippen molar-refractivity contribution < 1.29 is 4.55 Å². The van der Waals surface area contributed by atoms with Crippen molar-refractivity contribution in [2.75, 3.05) is 0 Å². The van der Waals surface area contributed by atoms with Gasteiger partial charge in [0.05, 0.1) is 30.0 Å². The minimum absolute atomic E-state index is 0.0780. The van der Waals surface area contributed by atoms with Crippen LogP contribution in [-0.2, 0) is 0 Å². The molecule has 1 nitrogen and oxygen atoms in total. The minimum atomic E-state index is 0.0780. The fraction of sp³-hybridized carbons (Fsp3) is 0. The summed E-state index contributed by atoms with van der Waals surface area (Å²) >= 11 is 28.9. The number of rotatable bonds is 1. The van der Waals surface area contributed by atoms with Crippen LogP contribution in [0.25, 0.3) is 0 Å². The van der Waals surface area contributed by atoms with E-state index in [0.717, 1.165) is 0 Å². The zero-order valence-corrected chi connectivity index (χ0v) is 10.3. The van der Waals surface area contributed by atoms with Gasteiger partial charge in [-0.05, 0) is 0 Å². The van der Waals surface area contributed by atoms with Gasteiger partial charge in [0.2, 0.25) is 0 Å². The normalized spacial score (nSPS) is 10.6. The van der Waals surface area contributed by atoms with E-state index in [1.54, 1.807) is 0 Å². The van der Waals surface area contributed by atoms with E-state index in [2.05, 4.69) is 0 Å². The Balaban J connectivity index is 3.56. The standard InChI is InChI=1S/C6HCl5OS/c7-1-2(8)4(10)6(13-12)5(11)3(1)9/h12H. The molecule has 0 aliphatic rings. The maximum absolute atomic E-state index is 8.83. The second kappa shape index (κ2) is 4.67. The quantitative estimate of drug-likeness (QED) is 0.418. The van der Waals surface area contributed by atoms with Gasteiger partial charge in [-0.1, -0.05) is 58.0 Å². The van der Waals surface area contributed by atoms with Crippen LogP contribution < -0.4 is 0 Å². The van der Waals surface area contributed by atoms with Crippen LogP contribution in [0, 0.1) is 0 Å². The van der Waals surface area contributed by atoms with Gasteiger partial charge in [-0.15, -0.1) is 0 Å². The highest BCUT2D eigenvalue weighted by atomic mass is 35.5. The molecule has 0 heterocycles. The van der Waals surface area contributed by atoms with Crippen LogP contribution in [0.1, 0.15) is 0 Å². The van der Waals surface area contributed by atoms with Crippen molar-refractivity contribution in [3.63, 3.8) is 0 Å². The highest BCUT2D eigenvalue weighted by molar-refractivity contribution is 7.94. The third-order valence-electron chi connectivity index (χ3n) is 1.26. The van der Waals surface area contributed by atoms with Crippen molar-refractivity contribution in [2.24, 2.45) is 0 Å². The summed E-state index contributed by atoms with van der Waals surface area (Å²) in [5.41, 5.74) is 0. The molecule has 1 N–H and O–H groups in total. The molecule has 0 atom stereocenters. The average molecular weight is 298 g/mol. The van der Waals surface area contributed by atoms with Gasteiger partial charge in [-0.3, -0.25) is 0 Å². The third kappa shape index (κ3) is 2.15. The molecular weight excluding hydrogens is 297 g/mol. The van der Waals surface area contributed by atoms with E-state index in [9.17, 15) is 0 Å². The summed E-state index contributed by atoms with van der Waals surface area (Å²) in [6, 6.07) is 0. The summed E-state index contributed by atoms with van der Waals surface area (Å²) in [7, 11) is 0. The van der Waals surface area contributed by atoms with Gasteiger partial charge in [-0.25, -0.2) is 0 Å². The summed E-state index contributed by atoms with van der Waals surface area (Å²) in [5, 5.41) is 0.418. The summed E-state index contributed by atoms with van der Waals surface area (Å²) in [6.07, 6.45) is 0. The summed E-state index contributed by atoms with van der Waals surface area (Å²) in [5.74, 6) is 0. The first-order valence-corrected chi connectivity index (χ1v) is 5.49. The zero-order chi connectivity index (χ0) is 10.2.